The number of ketones is 1. The number of esters is 1. The molecule has 1 N–H and O–H groups in total. The van der Waals surface area contributed by atoms with Crippen LogP contribution >= 0.6 is 0 Å². The van der Waals surface area contributed by atoms with Crippen LogP contribution in [0.2, 0.25) is 0 Å². The highest BCUT2D eigenvalue weighted by Gasteiger charge is 2.61. The number of hydrogen-bond acceptors (Lipinski definition) is 4. The second-order valence-electron chi connectivity index (χ2n) is 7.74. The minimum absolute atomic E-state index is 0.142. The van der Waals surface area contributed by atoms with Gasteiger partial charge in [-0.15, -0.1) is 0 Å². The predicted molar refractivity (Wildman–Crippen MR) is 81.9 cm³/mol. The molecule has 0 radical (unpaired) electrons. The molecule has 4 aliphatic carbocycles. The number of carbonyl (C=O) groups excluding carboxylic acids is 2. The third-order valence-corrected chi connectivity index (χ3v) is 6.68. The van der Waals surface area contributed by atoms with Crippen molar-refractivity contribution < 1.29 is 40.6 Å². The van der Waals surface area contributed by atoms with Crippen LogP contribution in [-0.2, 0) is 25.4 Å². The van der Waals surface area contributed by atoms with Gasteiger partial charge in [-0.3, -0.25) is 9.59 Å². The molecule has 0 aromatic carbocycles. The van der Waals surface area contributed by atoms with E-state index >= 15 is 0 Å². The van der Waals surface area contributed by atoms with Crippen molar-refractivity contribution in [3.05, 3.63) is 0 Å². The number of hydrogen-bond donors (Lipinski definition) is 1. The number of halogens is 4. The van der Waals surface area contributed by atoms with Crippen LogP contribution in [0.3, 0.4) is 0 Å². The SMILES string of the molecule is O=C1C2CC3CC1CC(C(=O)OCCCC(F)(F)C(F)(F)S(=O)O)(C3)C2. The summed E-state index contributed by atoms with van der Waals surface area (Å²) in [5.41, 5.74) is -0.760. The molecular weight excluding hydrogens is 380 g/mol. The molecule has 0 aromatic rings. The molecule has 0 aliphatic heterocycles. The summed E-state index contributed by atoms with van der Waals surface area (Å²) in [5.74, 6) is -5.02. The maximum Gasteiger partial charge on any atom is 0.406 e. The first-order chi connectivity index (χ1) is 12.0. The van der Waals surface area contributed by atoms with Crippen molar-refractivity contribution in [1.29, 1.82) is 0 Å². The quantitative estimate of drug-likeness (QED) is 0.307. The summed E-state index contributed by atoms with van der Waals surface area (Å²) in [5, 5.41) is -5.06. The molecule has 3 atom stereocenters. The summed E-state index contributed by atoms with van der Waals surface area (Å²) in [7, 11) is 0. The lowest BCUT2D eigenvalue weighted by Crippen LogP contribution is -2.54. The van der Waals surface area contributed by atoms with E-state index < -0.39 is 53.1 Å². The fourth-order valence-electron chi connectivity index (χ4n) is 4.88. The molecule has 3 unspecified atom stereocenters. The van der Waals surface area contributed by atoms with Crippen molar-refractivity contribution in [1.82, 2.24) is 0 Å². The molecule has 26 heavy (non-hydrogen) atoms. The highest BCUT2D eigenvalue weighted by Crippen LogP contribution is 2.59. The first kappa shape index (κ1) is 19.7. The summed E-state index contributed by atoms with van der Waals surface area (Å²) >= 11 is -3.99. The van der Waals surface area contributed by atoms with Gasteiger partial charge in [0.1, 0.15) is 5.78 Å². The third-order valence-electron chi connectivity index (χ3n) is 5.94. The van der Waals surface area contributed by atoms with Gasteiger partial charge in [-0.1, -0.05) is 0 Å². The average molecular weight is 400 g/mol. The van der Waals surface area contributed by atoms with Crippen LogP contribution in [0.1, 0.15) is 44.9 Å². The van der Waals surface area contributed by atoms with Crippen LogP contribution in [0.4, 0.5) is 17.6 Å². The van der Waals surface area contributed by atoms with E-state index in [1.165, 1.54) is 0 Å². The summed E-state index contributed by atoms with van der Waals surface area (Å²) in [4.78, 5) is 24.6. The molecule has 0 saturated heterocycles. The van der Waals surface area contributed by atoms with Crippen LogP contribution in [0, 0.1) is 23.2 Å². The molecule has 0 aromatic heterocycles. The second kappa shape index (κ2) is 6.54. The van der Waals surface area contributed by atoms with Crippen molar-refractivity contribution >= 4 is 22.8 Å². The van der Waals surface area contributed by atoms with Crippen molar-refractivity contribution in [3.63, 3.8) is 0 Å². The zero-order chi connectivity index (χ0) is 19.3. The Kier molecular flexibility index (Phi) is 4.96. The summed E-state index contributed by atoms with van der Waals surface area (Å²) in [6.07, 6.45) is 1.07. The monoisotopic (exact) mass is 400 g/mol. The number of Topliss-reactive ketones (excluding diaryl/α,β-unsaturated/α-hetero) is 1. The van der Waals surface area contributed by atoms with Gasteiger partial charge in [-0.2, -0.15) is 17.6 Å². The molecule has 0 spiro atoms. The van der Waals surface area contributed by atoms with Gasteiger partial charge < -0.3 is 9.29 Å². The molecule has 4 saturated carbocycles. The second-order valence-corrected chi connectivity index (χ2v) is 8.75. The van der Waals surface area contributed by atoms with E-state index in [0.717, 1.165) is 12.8 Å². The van der Waals surface area contributed by atoms with Crippen molar-refractivity contribution in [2.45, 2.75) is 56.1 Å². The molecule has 4 aliphatic rings. The summed E-state index contributed by atoms with van der Waals surface area (Å²) < 4.78 is 76.5. The molecule has 4 bridgehead atoms. The first-order valence-corrected chi connectivity index (χ1v) is 9.67. The molecule has 4 rings (SSSR count). The van der Waals surface area contributed by atoms with Crippen LogP contribution in [0.5, 0.6) is 0 Å². The van der Waals surface area contributed by atoms with Crippen LogP contribution in [0.15, 0.2) is 0 Å². The maximum atomic E-state index is 13.4. The number of ether oxygens (including phenoxy) is 1. The van der Waals surface area contributed by atoms with Crippen molar-refractivity contribution in [2.24, 2.45) is 23.2 Å². The number of carbonyl (C=O) groups is 2. The van der Waals surface area contributed by atoms with Crippen LogP contribution in [-0.4, -0.2) is 38.3 Å². The van der Waals surface area contributed by atoms with E-state index in [1.54, 1.807) is 0 Å². The summed E-state index contributed by atoms with van der Waals surface area (Å²) in [6.45, 7) is -0.474. The number of alkyl halides is 4. The normalized spacial score (nSPS) is 34.8. The third kappa shape index (κ3) is 3.19. The standard InChI is InChI=1S/C16H20F4O5S/c17-15(18,16(19,20)26(23)24)2-1-3-25-13(22)14-6-9-4-10(7-14)12(21)11(5-9)8-14/h9-11H,1-8H2,(H,23,24). The largest absolute Gasteiger partial charge is 0.465 e. The smallest absolute Gasteiger partial charge is 0.406 e. The van der Waals surface area contributed by atoms with Gasteiger partial charge >= 0.3 is 17.1 Å². The Morgan fingerprint density at radius 3 is 2.31 bits per heavy atom. The number of rotatable bonds is 7. The zero-order valence-electron chi connectivity index (χ0n) is 13.9. The predicted octanol–water partition coefficient (Wildman–Crippen LogP) is 3.16. The minimum Gasteiger partial charge on any atom is -0.465 e. The Balaban J connectivity index is 1.53. The molecule has 148 valence electrons. The van der Waals surface area contributed by atoms with Gasteiger partial charge in [-0.25, -0.2) is 4.21 Å². The molecule has 0 amide bonds. The van der Waals surface area contributed by atoms with E-state index in [2.05, 4.69) is 0 Å². The lowest BCUT2D eigenvalue weighted by atomic mass is 9.49. The van der Waals surface area contributed by atoms with E-state index in [1.807, 2.05) is 0 Å². The van der Waals surface area contributed by atoms with Gasteiger partial charge in [0, 0.05) is 18.3 Å². The fourth-order valence-corrected chi connectivity index (χ4v) is 5.24. The van der Waals surface area contributed by atoms with Crippen LogP contribution < -0.4 is 0 Å². The Labute approximate surface area is 150 Å². The van der Waals surface area contributed by atoms with Gasteiger partial charge in [0.2, 0.25) is 11.1 Å². The molecule has 0 heterocycles. The zero-order valence-corrected chi connectivity index (χ0v) is 14.7. The highest BCUT2D eigenvalue weighted by molar-refractivity contribution is 7.80. The average Bonchev–Trinajstić information content (AvgIpc) is 2.55. The molecular formula is C16H20F4O5S. The first-order valence-electron chi connectivity index (χ1n) is 8.56. The molecule has 10 heteroatoms. The van der Waals surface area contributed by atoms with Crippen molar-refractivity contribution in [3.8, 4) is 0 Å². The topological polar surface area (TPSA) is 80.7 Å². The lowest BCUT2D eigenvalue weighted by molar-refractivity contribution is -0.177. The minimum atomic E-state index is -5.06. The highest BCUT2D eigenvalue weighted by atomic mass is 32.2. The van der Waals surface area contributed by atoms with E-state index in [4.69, 9.17) is 9.29 Å². The van der Waals surface area contributed by atoms with Crippen LogP contribution in [0.25, 0.3) is 0 Å². The van der Waals surface area contributed by atoms with Gasteiger partial charge in [-0.05, 0) is 44.4 Å². The Hall–Kier alpha value is -1.03. The lowest BCUT2D eigenvalue weighted by Gasteiger charge is -2.53. The van der Waals surface area contributed by atoms with E-state index in [-0.39, 0.29) is 17.6 Å². The van der Waals surface area contributed by atoms with Crippen molar-refractivity contribution in [2.75, 3.05) is 6.61 Å². The van der Waals surface area contributed by atoms with Gasteiger partial charge in [0.15, 0.2) is 0 Å². The van der Waals surface area contributed by atoms with Gasteiger partial charge in [0.25, 0.3) is 0 Å². The van der Waals surface area contributed by atoms with E-state index in [9.17, 15) is 31.4 Å². The molecule has 5 nitrogen and oxygen atoms in total. The fraction of sp³-hybridized carbons (Fsp3) is 0.875. The maximum absolute atomic E-state index is 13.4. The summed E-state index contributed by atoms with van der Waals surface area (Å²) in [6, 6.07) is 0. The Morgan fingerprint density at radius 1 is 1.19 bits per heavy atom. The van der Waals surface area contributed by atoms with Gasteiger partial charge in [0.05, 0.1) is 12.0 Å². The molecule has 4 fully saturated rings. The Morgan fingerprint density at radius 2 is 1.77 bits per heavy atom. The Bertz CT molecular complexity index is 620. The van der Waals surface area contributed by atoms with E-state index in [0.29, 0.717) is 25.2 Å².